The average Bonchev–Trinajstić information content (AvgIpc) is 2.81. The number of carbonyl (C=O) groups is 3. The highest BCUT2D eigenvalue weighted by Crippen LogP contribution is 2.13. The van der Waals surface area contributed by atoms with Crippen molar-refractivity contribution in [1.82, 2.24) is 15.2 Å². The maximum atomic E-state index is 12.6. The molecule has 1 aliphatic heterocycles. The predicted octanol–water partition coefficient (Wildman–Crippen LogP) is -2.97. The summed E-state index contributed by atoms with van der Waals surface area (Å²) >= 11 is 0. The quantitative estimate of drug-likeness (QED) is 0.215. The highest BCUT2D eigenvalue weighted by molar-refractivity contribution is 7.89. The van der Waals surface area contributed by atoms with Gasteiger partial charge in [0.05, 0.1) is 30.0 Å². The minimum atomic E-state index is -3.92. The number of nitrogens with one attached hydrogen (secondary N) is 2. The summed E-state index contributed by atoms with van der Waals surface area (Å²) in [7, 11) is -3.92. The number of amides is 2. The number of benzene rings is 2. The van der Waals surface area contributed by atoms with Gasteiger partial charge in [0.2, 0.25) is 5.91 Å². The number of hydrazine groups is 1. The Labute approximate surface area is 202 Å². The van der Waals surface area contributed by atoms with Crippen molar-refractivity contribution < 1.29 is 38.1 Å². The summed E-state index contributed by atoms with van der Waals surface area (Å²) < 4.78 is 30.3. The molecule has 35 heavy (non-hydrogen) atoms. The molecule has 2 aromatic carbocycles. The lowest BCUT2D eigenvalue weighted by Gasteiger charge is -2.31. The van der Waals surface area contributed by atoms with E-state index in [1.807, 2.05) is 0 Å². The second-order valence-corrected chi connectivity index (χ2v) is 9.04. The van der Waals surface area contributed by atoms with Crippen molar-refractivity contribution in [3.8, 4) is 0 Å². The standard InChI is InChI=1S/C20H23N5O5S.C2H4O2/c21-19(22)15-8-6-14(7-9-15)13-23-18(26)12-17-20(27)25(10-11-30-17)24-31(28,29)16-4-2-1-3-5-16;1-2(3)4/h1-9,17,24H,10-13H2,(H3,21,22)(H,23,26);1H3,(H,3,4)/t17-;/m1./s1. The maximum absolute atomic E-state index is 12.6. The van der Waals surface area contributed by atoms with E-state index in [9.17, 15) is 18.0 Å². The fraction of sp³-hybridized carbons (Fsp3) is 0.273. The van der Waals surface area contributed by atoms with Crippen LogP contribution in [0.4, 0.5) is 0 Å². The first kappa shape index (κ1) is 27.4. The molecule has 1 fully saturated rings. The normalized spacial score (nSPS) is 15.5. The summed E-state index contributed by atoms with van der Waals surface area (Å²) in [5.74, 6) is -1.91. The molecule has 12 nitrogen and oxygen atoms in total. The molecule has 0 unspecified atom stereocenters. The van der Waals surface area contributed by atoms with Crippen LogP contribution in [0.2, 0.25) is 0 Å². The van der Waals surface area contributed by atoms with E-state index in [4.69, 9.17) is 25.8 Å². The zero-order chi connectivity index (χ0) is 26.0. The molecule has 0 bridgehead atoms. The third-order valence-electron chi connectivity index (χ3n) is 4.61. The number of sulfonamides is 1. The SMILES string of the molecule is CC(=O)[O-].NC(=[NH2+])c1ccc(CNC(=O)C[C@H]2OCCN(NS(=O)(=O)c3ccccc3)C2=O)cc1. The zero-order valence-electron chi connectivity index (χ0n) is 19.0. The van der Waals surface area contributed by atoms with Gasteiger partial charge in [0.15, 0.2) is 0 Å². The number of nitrogens with zero attached hydrogens (tertiary/aromatic N) is 1. The van der Waals surface area contributed by atoms with Gasteiger partial charge in [0.25, 0.3) is 21.8 Å². The molecule has 2 aromatic rings. The zero-order valence-corrected chi connectivity index (χ0v) is 19.8. The van der Waals surface area contributed by atoms with Crippen LogP contribution in [0.25, 0.3) is 0 Å². The van der Waals surface area contributed by atoms with Crippen LogP contribution in [-0.2, 0) is 35.7 Å². The van der Waals surface area contributed by atoms with Crippen LogP contribution < -0.4 is 26.4 Å². The minimum absolute atomic E-state index is 0.0311. The summed E-state index contributed by atoms with van der Waals surface area (Å²) in [4.78, 5) is 36.1. The van der Waals surface area contributed by atoms with Gasteiger partial charge < -0.3 is 20.0 Å². The van der Waals surface area contributed by atoms with Gasteiger partial charge in [-0.1, -0.05) is 30.3 Å². The van der Waals surface area contributed by atoms with Crippen molar-refractivity contribution in [2.75, 3.05) is 13.2 Å². The Morgan fingerprint density at radius 3 is 2.34 bits per heavy atom. The van der Waals surface area contributed by atoms with Crippen LogP contribution in [-0.4, -0.2) is 56.3 Å². The number of hydrogen-bond donors (Lipinski definition) is 4. The van der Waals surface area contributed by atoms with Crippen molar-refractivity contribution in [1.29, 1.82) is 0 Å². The summed E-state index contributed by atoms with van der Waals surface area (Å²) in [6.07, 6.45) is -1.31. The van der Waals surface area contributed by atoms with Gasteiger partial charge in [-0.25, -0.2) is 8.42 Å². The van der Waals surface area contributed by atoms with Crippen molar-refractivity contribution >= 4 is 33.6 Å². The molecule has 0 aliphatic carbocycles. The molecule has 2 amide bonds. The summed E-state index contributed by atoms with van der Waals surface area (Å²) in [6, 6.07) is 14.7. The fourth-order valence-corrected chi connectivity index (χ4v) is 4.02. The van der Waals surface area contributed by atoms with Gasteiger partial charge in [0, 0.05) is 12.5 Å². The number of hydrogen-bond acceptors (Lipinski definition) is 7. The molecule has 3 rings (SSSR count). The molecule has 0 spiro atoms. The highest BCUT2D eigenvalue weighted by atomic mass is 32.2. The van der Waals surface area contributed by atoms with E-state index in [2.05, 4.69) is 10.1 Å². The topological polar surface area (TPSA) is 197 Å². The van der Waals surface area contributed by atoms with Crippen LogP contribution >= 0.6 is 0 Å². The molecule has 6 N–H and O–H groups in total. The average molecular weight is 506 g/mol. The molecule has 1 atom stereocenters. The monoisotopic (exact) mass is 505 g/mol. The lowest BCUT2D eigenvalue weighted by Crippen LogP contribution is -2.56. The van der Waals surface area contributed by atoms with Gasteiger partial charge in [-0.05, 0) is 36.8 Å². The third-order valence-corrected chi connectivity index (χ3v) is 5.96. The van der Waals surface area contributed by atoms with Gasteiger partial charge in [0.1, 0.15) is 6.10 Å². The lowest BCUT2D eigenvalue weighted by atomic mass is 10.1. The summed E-state index contributed by atoms with van der Waals surface area (Å²) in [5, 5.41) is 18.1. The first-order valence-corrected chi connectivity index (χ1v) is 11.9. The summed E-state index contributed by atoms with van der Waals surface area (Å²) in [5.41, 5.74) is 7.03. The van der Waals surface area contributed by atoms with E-state index in [1.165, 1.54) is 12.1 Å². The van der Waals surface area contributed by atoms with Gasteiger partial charge in [-0.2, -0.15) is 0 Å². The molecule has 0 radical (unpaired) electrons. The maximum Gasteiger partial charge on any atom is 0.270 e. The van der Waals surface area contributed by atoms with E-state index >= 15 is 0 Å². The first-order valence-electron chi connectivity index (χ1n) is 10.4. The number of morpholine rings is 1. The Hall–Kier alpha value is -3.81. The molecule has 0 saturated carbocycles. The van der Waals surface area contributed by atoms with Crippen molar-refractivity contribution in [3.63, 3.8) is 0 Å². The highest BCUT2D eigenvalue weighted by Gasteiger charge is 2.34. The van der Waals surface area contributed by atoms with E-state index in [0.29, 0.717) is 5.56 Å². The second-order valence-electron chi connectivity index (χ2n) is 7.38. The molecule has 0 aromatic heterocycles. The third kappa shape index (κ3) is 8.81. The van der Waals surface area contributed by atoms with Crippen LogP contribution in [0.5, 0.6) is 0 Å². The lowest BCUT2D eigenvalue weighted by molar-refractivity contribution is -0.302. The number of aliphatic carboxylic acids is 1. The van der Waals surface area contributed by atoms with Crippen LogP contribution in [0.1, 0.15) is 24.5 Å². The Balaban J connectivity index is 0.00000100. The Kier molecular flexibility index (Phi) is 9.87. The van der Waals surface area contributed by atoms with Crippen molar-refractivity contribution in [2.45, 2.75) is 30.9 Å². The van der Waals surface area contributed by atoms with Crippen LogP contribution in [0, 0.1) is 0 Å². The number of carbonyl (C=O) groups excluding carboxylic acids is 3. The number of carboxylic acid groups (broad SMARTS) is 1. The van der Waals surface area contributed by atoms with E-state index in [-0.39, 0.29) is 36.8 Å². The van der Waals surface area contributed by atoms with Crippen molar-refractivity contribution in [3.05, 3.63) is 65.7 Å². The van der Waals surface area contributed by atoms with Gasteiger partial charge in [-0.3, -0.25) is 25.7 Å². The Morgan fingerprint density at radius 2 is 1.77 bits per heavy atom. The Bertz CT molecular complexity index is 1150. The smallest absolute Gasteiger partial charge is 0.270 e. The van der Waals surface area contributed by atoms with Gasteiger partial charge in [-0.15, -0.1) is 4.83 Å². The largest absolute Gasteiger partial charge is 0.550 e. The number of amidine groups is 1. The molecular formula is C22H27N5O7S. The number of rotatable bonds is 8. The van der Waals surface area contributed by atoms with Crippen molar-refractivity contribution in [2.24, 2.45) is 5.73 Å². The summed E-state index contributed by atoms with van der Waals surface area (Å²) in [6.45, 7) is 1.35. The molecule has 1 aliphatic rings. The van der Waals surface area contributed by atoms with Crippen LogP contribution in [0.15, 0.2) is 59.5 Å². The van der Waals surface area contributed by atoms with E-state index in [0.717, 1.165) is 17.5 Å². The number of ether oxygens (including phenoxy) is 1. The van der Waals surface area contributed by atoms with E-state index in [1.54, 1.807) is 42.5 Å². The predicted molar refractivity (Wildman–Crippen MR) is 122 cm³/mol. The molecular weight excluding hydrogens is 478 g/mol. The van der Waals surface area contributed by atoms with Gasteiger partial charge >= 0.3 is 0 Å². The first-order chi connectivity index (χ1) is 16.5. The number of carboxylic acids is 1. The molecule has 13 heteroatoms. The minimum Gasteiger partial charge on any atom is -0.550 e. The molecule has 1 heterocycles. The second kappa shape index (κ2) is 12.6. The Morgan fingerprint density at radius 1 is 1.17 bits per heavy atom. The van der Waals surface area contributed by atoms with Crippen LogP contribution in [0.3, 0.4) is 0 Å². The fourth-order valence-electron chi connectivity index (χ4n) is 2.93. The van der Waals surface area contributed by atoms with E-state index < -0.39 is 33.9 Å². The molecule has 188 valence electrons. The number of nitrogens with two attached hydrogens (primary N) is 2. The molecule has 1 saturated heterocycles.